The summed E-state index contributed by atoms with van der Waals surface area (Å²) in [6, 6.07) is 7.53. The van der Waals surface area contributed by atoms with Crippen molar-refractivity contribution in [2.75, 3.05) is 25.1 Å². The zero-order valence-electron chi connectivity index (χ0n) is 19.6. The molecule has 0 amide bonds. The second kappa shape index (κ2) is 11.3. The van der Waals surface area contributed by atoms with Gasteiger partial charge in [0.1, 0.15) is 15.8 Å². The summed E-state index contributed by atoms with van der Waals surface area (Å²) in [4.78, 5) is 17.3. The summed E-state index contributed by atoms with van der Waals surface area (Å²) in [6.45, 7) is 2.29. The van der Waals surface area contributed by atoms with Crippen LogP contribution in [0.25, 0.3) is 5.69 Å². The molecule has 1 fully saturated rings. The van der Waals surface area contributed by atoms with Crippen molar-refractivity contribution in [3.63, 3.8) is 0 Å². The zero-order valence-corrected chi connectivity index (χ0v) is 21.2. The molecule has 37 heavy (non-hydrogen) atoms. The van der Waals surface area contributed by atoms with Gasteiger partial charge < -0.3 is 14.8 Å². The lowest BCUT2D eigenvalue weighted by molar-refractivity contribution is -0.275. The third-order valence-electron chi connectivity index (χ3n) is 5.61. The van der Waals surface area contributed by atoms with Gasteiger partial charge >= 0.3 is 6.36 Å². The Kier molecular flexibility index (Phi) is 8.29. The fourth-order valence-corrected chi connectivity index (χ4v) is 4.77. The molecule has 1 atom stereocenters. The average molecular weight is 559 g/mol. The number of alkyl halides is 4. The van der Waals surface area contributed by atoms with E-state index in [1.165, 1.54) is 24.5 Å². The van der Waals surface area contributed by atoms with Crippen LogP contribution >= 0.6 is 23.4 Å². The Bertz CT molecular complexity index is 1300. The van der Waals surface area contributed by atoms with E-state index in [9.17, 15) is 22.4 Å². The van der Waals surface area contributed by atoms with E-state index in [2.05, 4.69) is 20.1 Å². The third kappa shape index (κ3) is 6.93. The minimum Gasteiger partial charge on any atom is -0.405 e. The number of hydrogen-bond acceptors (Lipinski definition) is 7. The van der Waals surface area contributed by atoms with Gasteiger partial charge in [-0.1, -0.05) is 36.4 Å². The van der Waals surface area contributed by atoms with Crippen molar-refractivity contribution in [2.24, 2.45) is 0 Å². The molecule has 0 saturated carbocycles. The van der Waals surface area contributed by atoms with Crippen molar-refractivity contribution in [2.45, 2.75) is 48.1 Å². The van der Waals surface area contributed by atoms with Crippen LogP contribution in [-0.2, 0) is 11.2 Å². The summed E-state index contributed by atoms with van der Waals surface area (Å²) in [5.41, 5.74) is -0.881. The van der Waals surface area contributed by atoms with Gasteiger partial charge in [-0.3, -0.25) is 4.79 Å². The number of anilines is 1. The summed E-state index contributed by atoms with van der Waals surface area (Å²) in [5, 5.41) is 7.15. The fraction of sp³-hybridized carbons (Fsp3) is 0.375. The first-order chi connectivity index (χ1) is 17.6. The first kappa shape index (κ1) is 27.2. The molecule has 2 aromatic heterocycles. The molecule has 0 bridgehead atoms. The number of halogens is 5. The number of benzene rings is 1. The minimum absolute atomic E-state index is 0.0370. The summed E-state index contributed by atoms with van der Waals surface area (Å²) in [5.74, 6) is -0.330. The number of ether oxygens (including phenoxy) is 2. The van der Waals surface area contributed by atoms with E-state index in [1.54, 1.807) is 18.2 Å². The molecule has 7 nitrogen and oxygen atoms in total. The van der Waals surface area contributed by atoms with Gasteiger partial charge in [-0.2, -0.15) is 9.78 Å². The molecule has 198 valence electrons. The molecule has 3 aromatic rings. The lowest BCUT2D eigenvalue weighted by Gasteiger charge is -2.29. The Morgan fingerprint density at radius 2 is 2.08 bits per heavy atom. The molecule has 1 unspecified atom stereocenters. The van der Waals surface area contributed by atoms with Crippen LogP contribution in [0.3, 0.4) is 0 Å². The summed E-state index contributed by atoms with van der Waals surface area (Å²) < 4.78 is 63.6. The largest absolute Gasteiger partial charge is 0.573 e. The molecule has 0 radical (unpaired) electrons. The van der Waals surface area contributed by atoms with Crippen LogP contribution in [0.15, 0.2) is 57.4 Å². The first-order valence-electron chi connectivity index (χ1n) is 11.4. The summed E-state index contributed by atoms with van der Waals surface area (Å²) in [6.07, 6.45) is -0.589. The highest BCUT2D eigenvalue weighted by Crippen LogP contribution is 2.37. The van der Waals surface area contributed by atoms with Gasteiger partial charge in [-0.15, -0.1) is 13.2 Å². The molecule has 13 heteroatoms. The predicted octanol–water partition coefficient (Wildman–Crippen LogP) is 5.82. The van der Waals surface area contributed by atoms with E-state index in [4.69, 9.17) is 16.3 Å². The maximum atomic E-state index is 14.8. The van der Waals surface area contributed by atoms with Crippen molar-refractivity contribution in [3.8, 4) is 11.4 Å². The number of aryl methyl sites for hydroxylation is 1. The molecule has 1 aliphatic rings. The van der Waals surface area contributed by atoms with E-state index in [0.717, 1.165) is 22.0 Å². The van der Waals surface area contributed by atoms with Crippen molar-refractivity contribution in [1.82, 2.24) is 14.8 Å². The van der Waals surface area contributed by atoms with Gasteiger partial charge in [0.25, 0.3) is 5.56 Å². The highest BCUT2D eigenvalue weighted by atomic mass is 35.5. The maximum Gasteiger partial charge on any atom is 0.573 e. The Hall–Kier alpha value is -2.83. The third-order valence-corrected chi connectivity index (χ3v) is 6.97. The van der Waals surface area contributed by atoms with Crippen LogP contribution in [0.1, 0.15) is 25.3 Å². The van der Waals surface area contributed by atoms with E-state index in [-0.39, 0.29) is 34.5 Å². The number of aromatic nitrogens is 3. The maximum absolute atomic E-state index is 14.8. The molecular formula is C24H23ClF4N4O3S. The first-order valence-corrected chi connectivity index (χ1v) is 12.6. The van der Waals surface area contributed by atoms with Crippen LogP contribution in [-0.4, -0.2) is 46.6 Å². The van der Waals surface area contributed by atoms with E-state index in [1.807, 2.05) is 6.92 Å². The normalized spacial score (nSPS) is 18.0. The van der Waals surface area contributed by atoms with Crippen LogP contribution in [0, 0.1) is 0 Å². The lowest BCUT2D eigenvalue weighted by atomic mass is 9.99. The van der Waals surface area contributed by atoms with Gasteiger partial charge in [-0.25, -0.2) is 9.37 Å². The van der Waals surface area contributed by atoms with Gasteiger partial charge in [0.2, 0.25) is 0 Å². The van der Waals surface area contributed by atoms with E-state index < -0.39 is 17.6 Å². The molecule has 0 spiro atoms. The highest BCUT2D eigenvalue weighted by molar-refractivity contribution is 7.99. The Balaban J connectivity index is 1.51. The van der Waals surface area contributed by atoms with Crippen molar-refractivity contribution >= 4 is 29.1 Å². The second-order valence-electron chi connectivity index (χ2n) is 8.39. The van der Waals surface area contributed by atoms with E-state index >= 15 is 0 Å². The van der Waals surface area contributed by atoms with Gasteiger partial charge in [0.05, 0.1) is 41.8 Å². The van der Waals surface area contributed by atoms with Crippen molar-refractivity contribution < 1.29 is 27.0 Å². The van der Waals surface area contributed by atoms with Crippen LogP contribution < -0.4 is 15.6 Å². The number of rotatable bonds is 8. The Morgan fingerprint density at radius 3 is 2.73 bits per heavy atom. The number of pyridine rings is 1. The second-order valence-corrected chi connectivity index (χ2v) is 9.83. The lowest BCUT2D eigenvalue weighted by Crippen LogP contribution is -2.40. The fourth-order valence-electron chi connectivity index (χ4n) is 3.68. The van der Waals surface area contributed by atoms with Crippen LogP contribution in [0.5, 0.6) is 5.75 Å². The van der Waals surface area contributed by atoms with Crippen molar-refractivity contribution in [1.29, 1.82) is 0 Å². The standard InChI is InChI=1S/C24H23ClF4N4O3S/c1-2-15-4-6-18(36-24(27,28)29)19(10-15)37-20-7-5-16(11-30-20)33-22(34)21(25)17(12-32-33)31-13-23(26)8-3-9-35-14-23/h4-7,10-12,31H,2-3,8-9,13-14H2,1H3. The van der Waals surface area contributed by atoms with Gasteiger partial charge in [0.15, 0.2) is 5.67 Å². The average Bonchev–Trinajstić information content (AvgIpc) is 2.86. The quantitative estimate of drug-likeness (QED) is 0.349. The topological polar surface area (TPSA) is 78.3 Å². The SMILES string of the molecule is CCc1ccc(OC(F)(F)F)c(Sc2ccc(-n3ncc(NCC4(F)CCCOC4)c(Cl)c3=O)cn2)c1. The molecule has 1 aliphatic heterocycles. The monoisotopic (exact) mass is 558 g/mol. The van der Waals surface area contributed by atoms with Crippen LogP contribution in [0.4, 0.5) is 23.2 Å². The van der Waals surface area contributed by atoms with E-state index in [0.29, 0.717) is 36.6 Å². The molecular weight excluding hydrogens is 536 g/mol. The van der Waals surface area contributed by atoms with Gasteiger partial charge in [0, 0.05) is 6.61 Å². The number of nitrogens with zero attached hydrogens (tertiary/aromatic N) is 3. The molecule has 3 heterocycles. The minimum atomic E-state index is -4.83. The smallest absolute Gasteiger partial charge is 0.405 e. The number of hydrogen-bond donors (Lipinski definition) is 1. The molecule has 4 rings (SSSR count). The predicted molar refractivity (Wildman–Crippen MR) is 132 cm³/mol. The van der Waals surface area contributed by atoms with Crippen LogP contribution in [0.2, 0.25) is 5.02 Å². The highest BCUT2D eigenvalue weighted by Gasteiger charge is 2.33. The molecule has 1 saturated heterocycles. The Labute approximate surface area is 219 Å². The molecule has 1 aromatic carbocycles. The van der Waals surface area contributed by atoms with Gasteiger partial charge in [-0.05, 0) is 49.1 Å². The Morgan fingerprint density at radius 1 is 1.27 bits per heavy atom. The molecule has 0 aliphatic carbocycles. The summed E-state index contributed by atoms with van der Waals surface area (Å²) >= 11 is 7.22. The number of nitrogens with one attached hydrogen (secondary N) is 1. The summed E-state index contributed by atoms with van der Waals surface area (Å²) in [7, 11) is 0. The zero-order chi connectivity index (χ0) is 26.6. The molecule has 1 N–H and O–H groups in total. The van der Waals surface area contributed by atoms with Crippen molar-refractivity contribution in [3.05, 3.63) is 63.7 Å².